The van der Waals surface area contributed by atoms with Gasteiger partial charge in [-0.15, -0.1) is 0 Å². The lowest BCUT2D eigenvalue weighted by Crippen LogP contribution is -2.12. The molecule has 4 aromatic carbocycles. The van der Waals surface area contributed by atoms with Crippen molar-refractivity contribution < 1.29 is 19.1 Å². The van der Waals surface area contributed by atoms with Crippen LogP contribution in [0.4, 0.5) is 0 Å². The third kappa shape index (κ3) is 4.83. The van der Waals surface area contributed by atoms with Gasteiger partial charge in [0, 0.05) is 0 Å². The third-order valence-electron chi connectivity index (χ3n) is 6.66. The maximum absolute atomic E-state index is 13.2. The first-order valence-electron chi connectivity index (χ1n) is 11.7. The minimum absolute atomic E-state index is 0.404. The number of carbonyl (C=O) groups excluding carboxylic acids is 2. The summed E-state index contributed by atoms with van der Waals surface area (Å²) in [5.41, 5.74) is 9.00. The Balaban J connectivity index is 1.63. The van der Waals surface area contributed by atoms with Gasteiger partial charge in [-0.3, -0.25) is 0 Å². The highest BCUT2D eigenvalue weighted by molar-refractivity contribution is 6.12. The minimum Gasteiger partial charge on any atom is -0.465 e. The molecule has 0 bridgehead atoms. The molecule has 0 atom stereocenters. The number of ether oxygens (including phenoxy) is 2. The van der Waals surface area contributed by atoms with Gasteiger partial charge >= 0.3 is 11.9 Å². The van der Waals surface area contributed by atoms with Crippen LogP contribution < -0.4 is 4.74 Å². The molecule has 0 amide bonds. The van der Waals surface area contributed by atoms with Gasteiger partial charge in [0.2, 0.25) is 0 Å². The normalized spacial score (nSPS) is 10.9. The number of esters is 2. The van der Waals surface area contributed by atoms with Crippen LogP contribution in [0.25, 0.3) is 10.8 Å². The van der Waals surface area contributed by atoms with Crippen molar-refractivity contribution in [3.63, 3.8) is 0 Å². The van der Waals surface area contributed by atoms with Gasteiger partial charge in [0.1, 0.15) is 5.75 Å². The summed E-state index contributed by atoms with van der Waals surface area (Å²) >= 11 is 0. The molecular formula is C31H30O4. The van der Waals surface area contributed by atoms with Crippen molar-refractivity contribution in [2.24, 2.45) is 0 Å². The van der Waals surface area contributed by atoms with Crippen LogP contribution in [-0.2, 0) is 11.2 Å². The Morgan fingerprint density at radius 2 is 1.11 bits per heavy atom. The summed E-state index contributed by atoms with van der Waals surface area (Å²) in [5.74, 6) is -0.333. The first-order chi connectivity index (χ1) is 16.7. The van der Waals surface area contributed by atoms with E-state index in [4.69, 9.17) is 9.47 Å². The van der Waals surface area contributed by atoms with E-state index in [0.717, 1.165) is 17.5 Å². The fraction of sp³-hybridized carbons (Fsp3) is 0.226. The Morgan fingerprint density at radius 1 is 0.657 bits per heavy atom. The van der Waals surface area contributed by atoms with Crippen molar-refractivity contribution in [2.75, 3.05) is 7.11 Å². The Hall–Kier alpha value is -3.92. The molecule has 0 unspecified atom stereocenters. The van der Waals surface area contributed by atoms with Crippen molar-refractivity contribution in [3.8, 4) is 5.75 Å². The first kappa shape index (κ1) is 24.2. The van der Waals surface area contributed by atoms with Crippen molar-refractivity contribution >= 4 is 22.7 Å². The van der Waals surface area contributed by atoms with Crippen LogP contribution in [0.2, 0.25) is 0 Å². The summed E-state index contributed by atoms with van der Waals surface area (Å²) in [6, 6.07) is 19.2. The zero-order valence-electron chi connectivity index (χ0n) is 21.1. The second-order valence-electron chi connectivity index (χ2n) is 9.18. The van der Waals surface area contributed by atoms with Crippen molar-refractivity contribution in [1.82, 2.24) is 0 Å². The average Bonchev–Trinajstić information content (AvgIpc) is 2.83. The van der Waals surface area contributed by atoms with Gasteiger partial charge in [-0.1, -0.05) is 48.5 Å². The summed E-state index contributed by atoms with van der Waals surface area (Å²) in [7, 11) is 1.34. The number of hydrogen-bond donors (Lipinski definition) is 0. The highest BCUT2D eigenvalue weighted by Crippen LogP contribution is 2.30. The van der Waals surface area contributed by atoms with Crippen LogP contribution in [0.15, 0.2) is 60.7 Å². The van der Waals surface area contributed by atoms with Crippen LogP contribution in [0, 0.1) is 34.6 Å². The zero-order valence-corrected chi connectivity index (χ0v) is 21.1. The van der Waals surface area contributed by atoms with E-state index >= 15 is 0 Å². The average molecular weight is 467 g/mol. The van der Waals surface area contributed by atoms with E-state index in [2.05, 4.69) is 45.0 Å². The van der Waals surface area contributed by atoms with E-state index < -0.39 is 11.9 Å². The van der Waals surface area contributed by atoms with Gasteiger partial charge in [0.05, 0.1) is 18.2 Å². The fourth-order valence-corrected chi connectivity index (χ4v) is 4.68. The third-order valence-corrected chi connectivity index (χ3v) is 6.66. The predicted octanol–water partition coefficient (Wildman–Crippen LogP) is 6.98. The molecule has 0 radical (unpaired) electrons. The van der Waals surface area contributed by atoms with E-state index in [9.17, 15) is 9.59 Å². The highest BCUT2D eigenvalue weighted by atomic mass is 16.5. The maximum atomic E-state index is 13.2. The van der Waals surface area contributed by atoms with Gasteiger partial charge < -0.3 is 9.47 Å². The topological polar surface area (TPSA) is 52.6 Å². The fourth-order valence-electron chi connectivity index (χ4n) is 4.68. The van der Waals surface area contributed by atoms with Gasteiger partial charge in [-0.2, -0.15) is 0 Å². The largest absolute Gasteiger partial charge is 0.465 e. The number of rotatable bonds is 5. The minimum atomic E-state index is -0.457. The number of hydrogen-bond acceptors (Lipinski definition) is 4. The summed E-state index contributed by atoms with van der Waals surface area (Å²) in [6.07, 6.45) is 0.817. The van der Waals surface area contributed by atoms with E-state index in [1.165, 1.54) is 34.9 Å². The molecule has 0 aromatic heterocycles. The molecular weight excluding hydrogens is 436 g/mol. The number of benzene rings is 4. The molecule has 0 aliphatic carbocycles. The number of carbonyl (C=O) groups is 2. The first-order valence-corrected chi connectivity index (χ1v) is 11.7. The molecule has 4 heteroatoms. The number of methoxy groups -OCH3 is 1. The molecule has 0 heterocycles. The lowest BCUT2D eigenvalue weighted by atomic mass is 9.95. The molecule has 0 aliphatic rings. The van der Waals surface area contributed by atoms with Crippen LogP contribution in [-0.4, -0.2) is 19.0 Å². The molecule has 4 aromatic rings. The molecule has 178 valence electrons. The summed E-state index contributed by atoms with van der Waals surface area (Å²) in [4.78, 5) is 25.4. The SMILES string of the molecule is COC(=O)c1ccc(C(=O)Oc2c(C)cc(Cc3cc(C)c(C)c(C)c3)cc2C)c2ccccc12. The Morgan fingerprint density at radius 3 is 1.60 bits per heavy atom. The van der Waals surface area contributed by atoms with E-state index in [-0.39, 0.29) is 0 Å². The number of fused-ring (bicyclic) bond motifs is 1. The van der Waals surface area contributed by atoms with Gasteiger partial charge in [-0.25, -0.2) is 9.59 Å². The zero-order chi connectivity index (χ0) is 25.3. The second kappa shape index (κ2) is 9.75. The van der Waals surface area contributed by atoms with Gasteiger partial charge in [0.25, 0.3) is 0 Å². The molecule has 0 aliphatic heterocycles. The summed E-state index contributed by atoms with van der Waals surface area (Å²) in [6.45, 7) is 10.4. The van der Waals surface area contributed by atoms with Crippen molar-refractivity contribution in [3.05, 3.63) is 111 Å². The lowest BCUT2D eigenvalue weighted by molar-refractivity contribution is 0.0601. The van der Waals surface area contributed by atoms with Crippen LogP contribution >= 0.6 is 0 Å². The maximum Gasteiger partial charge on any atom is 0.344 e. The molecule has 0 spiro atoms. The quantitative estimate of drug-likeness (QED) is 0.235. The van der Waals surface area contributed by atoms with E-state index in [1.807, 2.05) is 32.0 Å². The van der Waals surface area contributed by atoms with E-state index in [1.54, 1.807) is 18.2 Å². The molecule has 0 fully saturated rings. The summed E-state index contributed by atoms with van der Waals surface area (Å²) in [5, 5.41) is 1.30. The van der Waals surface area contributed by atoms with Crippen molar-refractivity contribution in [2.45, 2.75) is 41.0 Å². The smallest absolute Gasteiger partial charge is 0.344 e. The molecule has 4 rings (SSSR count). The standard InChI is InChI=1S/C31H30O4/c1-18-13-23(14-19(2)22(18)5)17-24-15-20(3)29(21(4)16-24)35-31(33)28-12-11-27(30(32)34-6)25-9-7-8-10-26(25)28/h7-16H,17H2,1-6H3. The van der Waals surface area contributed by atoms with Gasteiger partial charge in [0.15, 0.2) is 0 Å². The van der Waals surface area contributed by atoms with Crippen molar-refractivity contribution in [1.29, 1.82) is 0 Å². The second-order valence-corrected chi connectivity index (χ2v) is 9.18. The Labute approximate surface area is 206 Å². The van der Waals surface area contributed by atoms with Crippen LogP contribution in [0.1, 0.15) is 59.7 Å². The molecule has 35 heavy (non-hydrogen) atoms. The molecule has 0 N–H and O–H groups in total. The van der Waals surface area contributed by atoms with Gasteiger partial charge in [-0.05, 0) is 103 Å². The monoisotopic (exact) mass is 466 g/mol. The lowest BCUT2D eigenvalue weighted by Gasteiger charge is -2.15. The van der Waals surface area contributed by atoms with Crippen LogP contribution in [0.3, 0.4) is 0 Å². The Kier molecular flexibility index (Phi) is 6.74. The number of aryl methyl sites for hydroxylation is 4. The Bertz CT molecular complexity index is 1420. The van der Waals surface area contributed by atoms with E-state index in [0.29, 0.717) is 27.6 Å². The summed E-state index contributed by atoms with van der Waals surface area (Å²) < 4.78 is 10.8. The molecule has 0 saturated carbocycles. The van der Waals surface area contributed by atoms with Crippen LogP contribution in [0.5, 0.6) is 5.75 Å². The molecule has 4 nitrogen and oxygen atoms in total. The molecule has 0 saturated heterocycles. The highest BCUT2D eigenvalue weighted by Gasteiger charge is 2.19. The predicted molar refractivity (Wildman–Crippen MR) is 140 cm³/mol.